The van der Waals surface area contributed by atoms with E-state index in [1.807, 2.05) is 13.8 Å². The first-order valence-corrected chi connectivity index (χ1v) is 10.1. The van der Waals surface area contributed by atoms with Crippen LogP contribution in [0.25, 0.3) is 0 Å². The van der Waals surface area contributed by atoms with Crippen molar-refractivity contribution in [2.24, 2.45) is 5.92 Å². The van der Waals surface area contributed by atoms with Gasteiger partial charge in [-0.3, -0.25) is 14.5 Å². The van der Waals surface area contributed by atoms with Crippen molar-refractivity contribution in [2.75, 3.05) is 20.8 Å². The fourth-order valence-electron chi connectivity index (χ4n) is 3.29. The fourth-order valence-corrected chi connectivity index (χ4v) is 3.29. The molecule has 9 nitrogen and oxygen atoms in total. The van der Waals surface area contributed by atoms with Gasteiger partial charge in [0.1, 0.15) is 6.04 Å². The van der Waals surface area contributed by atoms with Crippen LogP contribution in [0.5, 0.6) is 11.5 Å². The number of methoxy groups -OCH3 is 2. The van der Waals surface area contributed by atoms with Crippen LogP contribution in [0.2, 0.25) is 0 Å². The molecule has 1 aromatic rings. The van der Waals surface area contributed by atoms with Crippen LogP contribution >= 0.6 is 0 Å². The van der Waals surface area contributed by atoms with Crippen LogP contribution in [0.1, 0.15) is 38.7 Å². The average molecular weight is 421 g/mol. The highest BCUT2D eigenvalue weighted by atomic mass is 16.5. The van der Waals surface area contributed by atoms with Gasteiger partial charge in [-0.15, -0.1) is 0 Å². The number of aliphatic hydroxyl groups excluding tert-OH is 1. The van der Waals surface area contributed by atoms with E-state index in [0.717, 1.165) is 11.3 Å². The van der Waals surface area contributed by atoms with E-state index in [0.29, 0.717) is 17.1 Å². The summed E-state index contributed by atoms with van der Waals surface area (Å²) in [7, 11) is 3.04. The summed E-state index contributed by atoms with van der Waals surface area (Å²) in [4.78, 5) is 38.3. The fraction of sp³-hybridized carbons (Fsp3) is 0.571. The third-order valence-electron chi connectivity index (χ3n) is 5.43. The maximum Gasteiger partial charge on any atom is 0.325 e. The smallest absolute Gasteiger partial charge is 0.325 e. The number of urea groups is 1. The van der Waals surface area contributed by atoms with Crippen molar-refractivity contribution in [2.45, 2.75) is 51.7 Å². The number of rotatable bonds is 11. The number of ether oxygens (including phenoxy) is 2. The molecule has 3 atom stereocenters. The van der Waals surface area contributed by atoms with E-state index in [1.54, 1.807) is 18.2 Å². The number of aliphatic hydroxyl groups is 1. The first kappa shape index (κ1) is 23.5. The normalized spacial score (nSPS) is 18.0. The number of hydrogen-bond donors (Lipinski definition) is 3. The van der Waals surface area contributed by atoms with Crippen LogP contribution < -0.4 is 20.1 Å². The van der Waals surface area contributed by atoms with E-state index in [2.05, 4.69) is 10.6 Å². The number of nitrogens with one attached hydrogen (secondary N) is 2. The summed E-state index contributed by atoms with van der Waals surface area (Å²) in [6.07, 6.45) is 1.10. The molecule has 3 N–H and O–H groups in total. The molecule has 0 aliphatic carbocycles. The summed E-state index contributed by atoms with van der Waals surface area (Å²) < 4.78 is 10.4. The standard InChI is InChI=1S/C21H31N3O6/c1-5-13(2)16(12-25)22-19(26)9-7-15-20(27)24(21(28)23-15)11-14-6-8-17(29-3)18(10-14)30-4/h6,8,10,13,15-16,25H,5,7,9,11-12H2,1-4H3,(H,22,26)(H,23,28)/t13-,15+,16-/m1/s1. The van der Waals surface area contributed by atoms with E-state index < -0.39 is 12.1 Å². The maximum atomic E-state index is 12.7. The Morgan fingerprint density at radius 1 is 1.27 bits per heavy atom. The van der Waals surface area contributed by atoms with Crippen LogP contribution in [0, 0.1) is 5.92 Å². The van der Waals surface area contributed by atoms with E-state index in [9.17, 15) is 19.5 Å². The predicted molar refractivity (Wildman–Crippen MR) is 110 cm³/mol. The minimum atomic E-state index is -0.750. The monoisotopic (exact) mass is 421 g/mol. The number of amides is 4. The molecule has 2 rings (SSSR count). The SMILES string of the molecule is CC[C@@H](C)[C@@H](CO)NC(=O)CC[C@@H]1NC(=O)N(Cc2ccc(OC)c(OC)c2)C1=O. The summed E-state index contributed by atoms with van der Waals surface area (Å²) in [6, 6.07) is 3.62. The molecule has 166 valence electrons. The van der Waals surface area contributed by atoms with Crippen LogP contribution in [0.3, 0.4) is 0 Å². The molecule has 1 saturated heterocycles. The Labute approximate surface area is 176 Å². The highest BCUT2D eigenvalue weighted by molar-refractivity contribution is 6.04. The second-order valence-electron chi connectivity index (χ2n) is 7.40. The Morgan fingerprint density at radius 3 is 2.57 bits per heavy atom. The largest absolute Gasteiger partial charge is 0.493 e. The van der Waals surface area contributed by atoms with Crippen molar-refractivity contribution in [3.05, 3.63) is 23.8 Å². The molecule has 9 heteroatoms. The molecule has 30 heavy (non-hydrogen) atoms. The third-order valence-corrected chi connectivity index (χ3v) is 5.43. The number of nitrogens with zero attached hydrogens (tertiary/aromatic N) is 1. The molecule has 0 unspecified atom stereocenters. The van der Waals surface area contributed by atoms with Gasteiger partial charge in [0.15, 0.2) is 11.5 Å². The lowest BCUT2D eigenvalue weighted by Gasteiger charge is -2.22. The van der Waals surface area contributed by atoms with Crippen molar-refractivity contribution in [3.8, 4) is 11.5 Å². The molecular formula is C21H31N3O6. The van der Waals surface area contributed by atoms with Crippen LogP contribution in [0.15, 0.2) is 18.2 Å². The summed E-state index contributed by atoms with van der Waals surface area (Å²) in [5, 5.41) is 14.9. The minimum absolute atomic E-state index is 0.0772. The van der Waals surface area contributed by atoms with Gasteiger partial charge in [-0.2, -0.15) is 0 Å². The van der Waals surface area contributed by atoms with Gasteiger partial charge in [-0.25, -0.2) is 4.79 Å². The van der Waals surface area contributed by atoms with Gasteiger partial charge < -0.3 is 25.2 Å². The predicted octanol–water partition coefficient (Wildman–Crippen LogP) is 1.43. The number of imide groups is 1. The van der Waals surface area contributed by atoms with Gasteiger partial charge in [0.25, 0.3) is 5.91 Å². The van der Waals surface area contributed by atoms with Crippen molar-refractivity contribution < 1.29 is 29.0 Å². The lowest BCUT2D eigenvalue weighted by Crippen LogP contribution is -2.42. The van der Waals surface area contributed by atoms with Gasteiger partial charge in [0.2, 0.25) is 5.91 Å². The van der Waals surface area contributed by atoms with E-state index in [4.69, 9.17) is 9.47 Å². The van der Waals surface area contributed by atoms with E-state index in [1.165, 1.54) is 14.2 Å². The number of benzene rings is 1. The molecule has 0 spiro atoms. The average Bonchev–Trinajstić information content (AvgIpc) is 3.02. The molecule has 0 saturated carbocycles. The summed E-state index contributed by atoms with van der Waals surface area (Å²) >= 11 is 0. The van der Waals surface area contributed by atoms with Gasteiger partial charge >= 0.3 is 6.03 Å². The van der Waals surface area contributed by atoms with Crippen molar-refractivity contribution in [3.63, 3.8) is 0 Å². The Hall–Kier alpha value is -2.81. The van der Waals surface area contributed by atoms with Crippen LogP contribution in [-0.2, 0) is 16.1 Å². The molecule has 0 radical (unpaired) electrons. The van der Waals surface area contributed by atoms with Crippen molar-refractivity contribution >= 4 is 17.8 Å². The number of carbonyl (C=O) groups is 3. The highest BCUT2D eigenvalue weighted by Crippen LogP contribution is 2.28. The van der Waals surface area contributed by atoms with Gasteiger partial charge in [-0.05, 0) is 30.0 Å². The van der Waals surface area contributed by atoms with E-state index >= 15 is 0 Å². The summed E-state index contributed by atoms with van der Waals surface area (Å²) in [5.41, 5.74) is 0.717. The minimum Gasteiger partial charge on any atom is -0.493 e. The number of hydrogen-bond acceptors (Lipinski definition) is 6. The number of carbonyl (C=O) groups excluding carboxylic acids is 3. The second kappa shape index (κ2) is 10.8. The molecule has 0 aromatic heterocycles. The van der Waals surface area contributed by atoms with Gasteiger partial charge in [-0.1, -0.05) is 26.3 Å². The molecule has 1 aliphatic rings. The van der Waals surface area contributed by atoms with Crippen LogP contribution in [0.4, 0.5) is 4.79 Å². The summed E-state index contributed by atoms with van der Waals surface area (Å²) in [5.74, 6) is 0.581. The summed E-state index contributed by atoms with van der Waals surface area (Å²) in [6.45, 7) is 3.89. The Balaban J connectivity index is 1.94. The van der Waals surface area contributed by atoms with Crippen molar-refractivity contribution in [1.29, 1.82) is 0 Å². The third kappa shape index (κ3) is 5.63. The Kier molecular flexibility index (Phi) is 8.46. The molecule has 1 fully saturated rings. The molecule has 4 amide bonds. The zero-order chi connectivity index (χ0) is 22.3. The molecule has 1 heterocycles. The topological polar surface area (TPSA) is 117 Å². The Morgan fingerprint density at radius 2 is 1.97 bits per heavy atom. The second-order valence-corrected chi connectivity index (χ2v) is 7.40. The van der Waals surface area contributed by atoms with Crippen LogP contribution in [-0.4, -0.2) is 60.8 Å². The lowest BCUT2D eigenvalue weighted by molar-refractivity contribution is -0.128. The molecule has 1 aliphatic heterocycles. The molecule has 0 bridgehead atoms. The Bertz CT molecular complexity index is 769. The first-order chi connectivity index (χ1) is 14.3. The molecular weight excluding hydrogens is 390 g/mol. The molecule has 1 aromatic carbocycles. The lowest BCUT2D eigenvalue weighted by atomic mass is 9.99. The van der Waals surface area contributed by atoms with Crippen molar-refractivity contribution in [1.82, 2.24) is 15.5 Å². The quantitative estimate of drug-likeness (QED) is 0.465. The first-order valence-electron chi connectivity index (χ1n) is 10.1. The highest BCUT2D eigenvalue weighted by Gasteiger charge is 2.38. The van der Waals surface area contributed by atoms with Gasteiger partial charge in [0, 0.05) is 6.42 Å². The zero-order valence-electron chi connectivity index (χ0n) is 17.9. The maximum absolute atomic E-state index is 12.7. The van der Waals surface area contributed by atoms with E-state index in [-0.39, 0.29) is 49.8 Å². The zero-order valence-corrected chi connectivity index (χ0v) is 17.9. The van der Waals surface area contributed by atoms with Gasteiger partial charge in [0.05, 0.1) is 33.4 Å².